The first-order chi connectivity index (χ1) is 7.35. The number of alkyl halides is 1. The monoisotopic (exact) mass is 303 g/mol. The molecule has 0 bridgehead atoms. The Bertz CT molecular complexity index is 404. The lowest BCUT2D eigenvalue weighted by Crippen LogP contribution is -2.44. The van der Waals surface area contributed by atoms with Gasteiger partial charge in [0.1, 0.15) is 0 Å². The van der Waals surface area contributed by atoms with Crippen molar-refractivity contribution in [1.82, 2.24) is 5.32 Å². The summed E-state index contributed by atoms with van der Waals surface area (Å²) in [7, 11) is 0. The molecule has 0 heterocycles. The third kappa shape index (κ3) is 3.49. The average Bonchev–Trinajstić information content (AvgIpc) is 2.21. The SMILES string of the molecule is Cc1ccc(C(=O)NC(C)(C)CCl)cc1Br. The second kappa shape index (κ2) is 5.19. The van der Waals surface area contributed by atoms with Crippen LogP contribution in [-0.2, 0) is 0 Å². The van der Waals surface area contributed by atoms with Gasteiger partial charge in [-0.25, -0.2) is 0 Å². The van der Waals surface area contributed by atoms with Crippen molar-refractivity contribution in [3.05, 3.63) is 33.8 Å². The van der Waals surface area contributed by atoms with Crippen LogP contribution in [-0.4, -0.2) is 17.3 Å². The van der Waals surface area contributed by atoms with Gasteiger partial charge < -0.3 is 5.32 Å². The van der Waals surface area contributed by atoms with Crippen molar-refractivity contribution >= 4 is 33.4 Å². The smallest absolute Gasteiger partial charge is 0.251 e. The van der Waals surface area contributed by atoms with Crippen LogP contribution in [0.2, 0.25) is 0 Å². The van der Waals surface area contributed by atoms with Gasteiger partial charge in [-0.05, 0) is 38.5 Å². The molecule has 1 rings (SSSR count). The van der Waals surface area contributed by atoms with E-state index in [1.165, 1.54) is 0 Å². The molecule has 1 aromatic carbocycles. The van der Waals surface area contributed by atoms with E-state index in [0.29, 0.717) is 11.4 Å². The summed E-state index contributed by atoms with van der Waals surface area (Å²) in [4.78, 5) is 11.9. The minimum atomic E-state index is -0.393. The fourth-order valence-corrected chi connectivity index (χ4v) is 1.59. The van der Waals surface area contributed by atoms with Gasteiger partial charge in [0.2, 0.25) is 0 Å². The van der Waals surface area contributed by atoms with Gasteiger partial charge in [-0.3, -0.25) is 4.79 Å². The Morgan fingerprint density at radius 1 is 1.50 bits per heavy atom. The molecule has 0 saturated carbocycles. The minimum Gasteiger partial charge on any atom is -0.346 e. The first-order valence-electron chi connectivity index (χ1n) is 5.00. The van der Waals surface area contributed by atoms with E-state index in [0.717, 1.165) is 10.0 Å². The van der Waals surface area contributed by atoms with Crippen LogP contribution in [0.1, 0.15) is 29.8 Å². The molecule has 1 amide bonds. The fourth-order valence-electron chi connectivity index (χ4n) is 1.15. The zero-order valence-electron chi connectivity index (χ0n) is 9.60. The van der Waals surface area contributed by atoms with Crippen molar-refractivity contribution < 1.29 is 4.79 Å². The zero-order valence-corrected chi connectivity index (χ0v) is 11.9. The van der Waals surface area contributed by atoms with E-state index in [9.17, 15) is 4.79 Å². The summed E-state index contributed by atoms with van der Waals surface area (Å²) in [5.74, 6) is 0.275. The number of rotatable bonds is 3. The van der Waals surface area contributed by atoms with E-state index in [1.54, 1.807) is 6.07 Å². The molecule has 0 aliphatic carbocycles. The average molecular weight is 305 g/mol. The highest BCUT2D eigenvalue weighted by Gasteiger charge is 2.19. The molecule has 0 unspecified atom stereocenters. The van der Waals surface area contributed by atoms with Gasteiger partial charge >= 0.3 is 0 Å². The summed E-state index contributed by atoms with van der Waals surface area (Å²) >= 11 is 9.16. The number of carbonyl (C=O) groups excluding carboxylic acids is 1. The van der Waals surface area contributed by atoms with Gasteiger partial charge in [0.05, 0.1) is 0 Å². The second-order valence-electron chi connectivity index (χ2n) is 4.44. The van der Waals surface area contributed by atoms with Gasteiger partial charge in [0, 0.05) is 21.5 Å². The van der Waals surface area contributed by atoms with Crippen molar-refractivity contribution in [2.45, 2.75) is 26.3 Å². The number of nitrogens with one attached hydrogen (secondary N) is 1. The molecule has 0 radical (unpaired) electrons. The summed E-state index contributed by atoms with van der Waals surface area (Å²) in [5, 5.41) is 2.88. The molecule has 0 saturated heterocycles. The lowest BCUT2D eigenvalue weighted by molar-refractivity contribution is 0.0920. The molecule has 1 aromatic rings. The molecule has 0 spiro atoms. The summed E-state index contributed by atoms with van der Waals surface area (Å²) in [6.07, 6.45) is 0. The quantitative estimate of drug-likeness (QED) is 0.851. The van der Waals surface area contributed by atoms with Crippen LogP contribution in [0, 0.1) is 6.92 Å². The molecule has 0 atom stereocenters. The van der Waals surface area contributed by atoms with Crippen molar-refractivity contribution in [3.8, 4) is 0 Å². The van der Waals surface area contributed by atoms with Crippen LogP contribution < -0.4 is 5.32 Å². The largest absolute Gasteiger partial charge is 0.346 e. The highest BCUT2D eigenvalue weighted by atomic mass is 79.9. The topological polar surface area (TPSA) is 29.1 Å². The molecule has 0 aromatic heterocycles. The van der Waals surface area contributed by atoms with Gasteiger partial charge in [-0.2, -0.15) is 0 Å². The number of carbonyl (C=O) groups is 1. The van der Waals surface area contributed by atoms with E-state index < -0.39 is 5.54 Å². The van der Waals surface area contributed by atoms with Gasteiger partial charge in [-0.15, -0.1) is 11.6 Å². The molecular weight excluding hydrogens is 289 g/mol. The van der Waals surface area contributed by atoms with Crippen molar-refractivity contribution in [3.63, 3.8) is 0 Å². The predicted molar refractivity (Wildman–Crippen MR) is 71.1 cm³/mol. The Balaban J connectivity index is 2.85. The Kier molecular flexibility index (Phi) is 4.39. The first kappa shape index (κ1) is 13.5. The van der Waals surface area contributed by atoms with E-state index in [-0.39, 0.29) is 5.91 Å². The van der Waals surface area contributed by atoms with E-state index in [1.807, 2.05) is 32.9 Å². The third-order valence-electron chi connectivity index (χ3n) is 2.22. The maximum absolute atomic E-state index is 11.9. The lowest BCUT2D eigenvalue weighted by atomic mass is 10.1. The highest BCUT2D eigenvalue weighted by Crippen LogP contribution is 2.18. The molecule has 1 N–H and O–H groups in total. The van der Waals surface area contributed by atoms with E-state index >= 15 is 0 Å². The molecular formula is C12H15BrClNO. The maximum Gasteiger partial charge on any atom is 0.251 e. The Labute approximate surface area is 110 Å². The minimum absolute atomic E-state index is 0.105. The van der Waals surface area contributed by atoms with Crippen LogP contribution in [0.5, 0.6) is 0 Å². The van der Waals surface area contributed by atoms with Crippen molar-refractivity contribution in [2.75, 3.05) is 5.88 Å². The summed E-state index contributed by atoms with van der Waals surface area (Å²) in [6.45, 7) is 5.76. The van der Waals surface area contributed by atoms with Gasteiger partial charge in [0.15, 0.2) is 0 Å². The molecule has 4 heteroatoms. The van der Waals surface area contributed by atoms with Gasteiger partial charge in [0.25, 0.3) is 5.91 Å². The van der Waals surface area contributed by atoms with Crippen LogP contribution in [0.15, 0.2) is 22.7 Å². The van der Waals surface area contributed by atoms with Crippen LogP contribution >= 0.6 is 27.5 Å². The predicted octanol–water partition coefficient (Wildman–Crippen LogP) is 3.50. The summed E-state index contributed by atoms with van der Waals surface area (Å²) in [5.41, 5.74) is 1.35. The van der Waals surface area contributed by atoms with Crippen LogP contribution in [0.25, 0.3) is 0 Å². The van der Waals surface area contributed by atoms with Crippen molar-refractivity contribution in [1.29, 1.82) is 0 Å². The molecule has 16 heavy (non-hydrogen) atoms. The van der Waals surface area contributed by atoms with Crippen LogP contribution in [0.4, 0.5) is 0 Å². The molecule has 2 nitrogen and oxygen atoms in total. The number of benzene rings is 1. The van der Waals surface area contributed by atoms with Crippen LogP contribution in [0.3, 0.4) is 0 Å². The molecule has 0 aliphatic rings. The first-order valence-corrected chi connectivity index (χ1v) is 6.33. The zero-order chi connectivity index (χ0) is 12.3. The maximum atomic E-state index is 11.9. The standard InChI is InChI=1S/C12H15BrClNO/c1-8-4-5-9(6-10(8)13)11(16)15-12(2,3)7-14/h4-6H,7H2,1-3H3,(H,15,16). The fraction of sp³-hybridized carbons (Fsp3) is 0.417. The second-order valence-corrected chi connectivity index (χ2v) is 5.56. The van der Waals surface area contributed by atoms with Crippen molar-refractivity contribution in [2.24, 2.45) is 0 Å². The highest BCUT2D eigenvalue weighted by molar-refractivity contribution is 9.10. The molecule has 0 aliphatic heterocycles. The molecule has 88 valence electrons. The Morgan fingerprint density at radius 2 is 2.12 bits per heavy atom. The number of amides is 1. The Morgan fingerprint density at radius 3 is 2.62 bits per heavy atom. The summed E-state index contributed by atoms with van der Waals surface area (Å²) in [6, 6.07) is 5.53. The number of hydrogen-bond acceptors (Lipinski definition) is 1. The normalized spacial score (nSPS) is 11.3. The number of hydrogen-bond donors (Lipinski definition) is 1. The number of aryl methyl sites for hydroxylation is 1. The third-order valence-corrected chi connectivity index (χ3v) is 3.74. The molecule has 0 fully saturated rings. The van der Waals surface area contributed by atoms with E-state index in [4.69, 9.17) is 11.6 Å². The van der Waals surface area contributed by atoms with Gasteiger partial charge in [-0.1, -0.05) is 22.0 Å². The Hall–Kier alpha value is -0.540. The summed E-state index contributed by atoms with van der Waals surface area (Å²) < 4.78 is 0.934. The lowest BCUT2D eigenvalue weighted by Gasteiger charge is -2.23. The van der Waals surface area contributed by atoms with E-state index in [2.05, 4.69) is 21.2 Å². The number of halogens is 2.